The SMILES string of the molecule is C.Cc1ccccc1-c1ccc2[nH]c(=O)c(O)cc2c1.O=C=O.O=C=O.O=c1[nH]c2ccc(-c3ccccc3)cc2cc1O.O=c1[nH]c2ccc(-c3ccccc3-c3nn[nH]n3)cc2cc1O.O=c1[nH]c2ccc(-c3ccccc3Cc3nn[nH]n3)cc2cc1O. The summed E-state index contributed by atoms with van der Waals surface area (Å²) in [5.74, 6) is 0.0122. The maximum Gasteiger partial charge on any atom is 0.373 e. The third-order valence-corrected chi connectivity index (χ3v) is 13.8. The highest BCUT2D eigenvalue weighted by atomic mass is 16.3. The molecule has 24 heteroatoms. The molecule has 452 valence electrons. The summed E-state index contributed by atoms with van der Waals surface area (Å²) in [6.07, 6.45) is 1.06. The Bertz CT molecular complexity index is 5160. The van der Waals surface area contributed by atoms with Gasteiger partial charge >= 0.3 is 12.3 Å². The van der Waals surface area contributed by atoms with Crippen molar-refractivity contribution in [3.8, 4) is 78.9 Å². The van der Waals surface area contributed by atoms with E-state index < -0.39 is 22.2 Å². The van der Waals surface area contributed by atoms with Crippen molar-refractivity contribution in [2.75, 3.05) is 0 Å². The van der Waals surface area contributed by atoms with E-state index in [1.54, 1.807) is 6.07 Å². The van der Waals surface area contributed by atoms with Crippen molar-refractivity contribution in [3.05, 3.63) is 259 Å². The highest BCUT2D eigenvalue weighted by molar-refractivity contribution is 5.90. The van der Waals surface area contributed by atoms with Crippen molar-refractivity contribution in [2.24, 2.45) is 0 Å². The maximum absolute atomic E-state index is 11.5. The Morgan fingerprint density at radius 2 is 0.736 bits per heavy atom. The topological polar surface area (TPSA) is 390 Å². The number of hydrogen-bond acceptors (Lipinski definition) is 18. The zero-order valence-corrected chi connectivity index (χ0v) is 47.0. The van der Waals surface area contributed by atoms with Gasteiger partial charge < -0.3 is 40.4 Å². The normalized spacial score (nSPS) is 10.2. The highest BCUT2D eigenvalue weighted by Gasteiger charge is 2.14. The van der Waals surface area contributed by atoms with Gasteiger partial charge in [-0.3, -0.25) is 19.2 Å². The van der Waals surface area contributed by atoms with Crippen molar-refractivity contribution >= 4 is 55.9 Å². The second kappa shape index (κ2) is 29.7. The zero-order chi connectivity index (χ0) is 63.7. The number of H-pyrrole nitrogens is 6. The van der Waals surface area contributed by atoms with Crippen LogP contribution in [-0.4, -0.2) is 93.9 Å². The quantitative estimate of drug-likeness (QED) is 0.0709. The molecule has 0 saturated heterocycles. The summed E-state index contributed by atoms with van der Waals surface area (Å²) in [5.41, 5.74) is 12.2. The van der Waals surface area contributed by atoms with E-state index in [-0.39, 0.29) is 42.7 Å². The first kappa shape index (κ1) is 63.7. The van der Waals surface area contributed by atoms with Gasteiger partial charge in [-0.15, -0.1) is 20.4 Å². The van der Waals surface area contributed by atoms with Crippen LogP contribution >= 0.6 is 0 Å². The van der Waals surface area contributed by atoms with E-state index in [0.29, 0.717) is 29.1 Å². The minimum atomic E-state index is -0.502. The minimum Gasteiger partial charge on any atom is -0.503 e. The van der Waals surface area contributed by atoms with Crippen molar-refractivity contribution in [1.29, 1.82) is 0 Å². The van der Waals surface area contributed by atoms with E-state index in [1.807, 2.05) is 158 Å². The van der Waals surface area contributed by atoms with Gasteiger partial charge in [-0.2, -0.15) is 29.6 Å². The van der Waals surface area contributed by atoms with Crippen LogP contribution in [0.3, 0.4) is 0 Å². The number of nitrogens with zero attached hydrogens (tertiary/aromatic N) is 6. The second-order valence-corrected chi connectivity index (χ2v) is 19.4. The molecule has 0 fully saturated rings. The van der Waals surface area contributed by atoms with E-state index in [0.717, 1.165) is 88.2 Å². The lowest BCUT2D eigenvalue weighted by atomic mass is 9.96. The Morgan fingerprint density at radius 1 is 0.374 bits per heavy atom. The van der Waals surface area contributed by atoms with Gasteiger partial charge in [0.05, 0.1) is 0 Å². The molecule has 0 radical (unpaired) electrons. The van der Waals surface area contributed by atoms with Gasteiger partial charge in [0.15, 0.2) is 28.8 Å². The van der Waals surface area contributed by atoms with Gasteiger partial charge in [-0.1, -0.05) is 140 Å². The van der Waals surface area contributed by atoms with Gasteiger partial charge in [-0.25, -0.2) is 0 Å². The van der Waals surface area contributed by atoms with Crippen molar-refractivity contribution in [3.63, 3.8) is 0 Å². The van der Waals surface area contributed by atoms with Crippen LogP contribution in [0.25, 0.3) is 99.5 Å². The molecule has 6 heterocycles. The standard InChI is InChI=1S/C17H13N5O2.C16H11N5O2.C16H13NO2.C15H11NO2.2CO2.CH4/c23-15-8-12-7-11(5-6-14(12)18-17(15)24)13-4-2-1-3-10(13)9-16-19-21-22-20-16;22-14-8-10-7-9(5-6-13(10)17-16(14)23)11-3-1-2-4-12(11)15-18-20-21-19-15;1-10-4-2-3-5-13(10)11-6-7-14-12(8-11)9-15(18)16(19)17-14;17-14-9-12-8-11(10-4-2-1-3-5-10)6-7-13(12)16-15(14)18;2*2-1-3;/h1-8,23H,9H2,(H,18,24)(H,19,20,21,22);1-8,22H,(H,17,23)(H,18,19,20,21);2-9,18H,1H3,(H,17,19);1-9,17H,(H,16,18);;;1H4. The Kier molecular flexibility index (Phi) is 20.8. The first-order valence-corrected chi connectivity index (χ1v) is 26.8. The summed E-state index contributed by atoms with van der Waals surface area (Å²) in [7, 11) is 0. The molecule has 0 aliphatic rings. The highest BCUT2D eigenvalue weighted by Crippen LogP contribution is 2.33. The summed E-state index contributed by atoms with van der Waals surface area (Å²) >= 11 is 0. The van der Waals surface area contributed by atoms with Crippen LogP contribution in [0.4, 0.5) is 0 Å². The molecular formula is C67H52N12O12. The number of aryl methyl sites for hydroxylation is 1. The number of aromatic amines is 6. The Morgan fingerprint density at radius 3 is 1.18 bits per heavy atom. The fourth-order valence-corrected chi connectivity index (χ4v) is 9.58. The molecule has 0 aliphatic heterocycles. The predicted molar refractivity (Wildman–Crippen MR) is 338 cm³/mol. The van der Waals surface area contributed by atoms with Crippen LogP contribution in [0.1, 0.15) is 24.4 Å². The summed E-state index contributed by atoms with van der Waals surface area (Å²) < 4.78 is 0. The number of rotatable bonds is 7. The van der Waals surface area contributed by atoms with E-state index in [1.165, 1.54) is 29.8 Å². The Labute approximate surface area is 512 Å². The molecule has 0 amide bonds. The lowest BCUT2D eigenvalue weighted by Crippen LogP contribution is -2.04. The monoisotopic (exact) mass is 1220 g/mol. The maximum atomic E-state index is 11.5. The van der Waals surface area contributed by atoms with Crippen LogP contribution in [0.2, 0.25) is 0 Å². The van der Waals surface area contributed by atoms with Crippen LogP contribution in [-0.2, 0) is 25.6 Å². The van der Waals surface area contributed by atoms with E-state index >= 15 is 0 Å². The predicted octanol–water partition coefficient (Wildman–Crippen LogP) is 9.66. The summed E-state index contributed by atoms with van der Waals surface area (Å²) in [6.45, 7) is 2.06. The zero-order valence-electron chi connectivity index (χ0n) is 47.0. The second-order valence-electron chi connectivity index (χ2n) is 19.4. The average Bonchev–Trinajstić information content (AvgIpc) is 1.41. The first-order chi connectivity index (χ1) is 43.6. The molecule has 0 unspecified atom stereocenters. The molecule has 8 aromatic carbocycles. The number of nitrogens with one attached hydrogen (secondary N) is 6. The molecule has 14 rings (SSSR count). The number of benzene rings is 8. The van der Waals surface area contributed by atoms with Gasteiger partial charge in [0, 0.05) is 55.6 Å². The minimum absolute atomic E-state index is 0. The van der Waals surface area contributed by atoms with E-state index in [2.05, 4.69) is 80.2 Å². The van der Waals surface area contributed by atoms with Crippen LogP contribution < -0.4 is 22.2 Å². The average molecular weight is 1220 g/mol. The van der Waals surface area contributed by atoms with Gasteiger partial charge in [0.25, 0.3) is 22.2 Å². The number of pyridine rings is 4. The van der Waals surface area contributed by atoms with Crippen molar-refractivity contribution < 1.29 is 39.6 Å². The van der Waals surface area contributed by atoms with Gasteiger partial charge in [-0.05, 0) is 141 Å². The number of fused-ring (bicyclic) bond motifs is 4. The summed E-state index contributed by atoms with van der Waals surface area (Å²) in [5, 5.41) is 69.4. The number of tetrazole rings is 2. The molecule has 0 atom stereocenters. The largest absolute Gasteiger partial charge is 0.503 e. The molecule has 91 heavy (non-hydrogen) atoms. The summed E-state index contributed by atoms with van der Waals surface area (Å²) in [4.78, 5) is 88.6. The molecule has 24 nitrogen and oxygen atoms in total. The van der Waals surface area contributed by atoms with Crippen LogP contribution in [0, 0.1) is 6.92 Å². The van der Waals surface area contributed by atoms with Gasteiger partial charge in [0.2, 0.25) is 5.82 Å². The number of hydrogen-bond donors (Lipinski definition) is 10. The molecule has 14 aromatic rings. The Hall–Kier alpha value is -13.3. The molecular weight excluding hydrogens is 1160 g/mol. The lowest BCUT2D eigenvalue weighted by molar-refractivity contribution is -0.193. The Balaban J connectivity index is 0.000000152. The molecule has 0 saturated carbocycles. The fraction of sp³-hybridized carbons (Fsp3) is 0.0448. The van der Waals surface area contributed by atoms with Crippen LogP contribution in [0.5, 0.6) is 23.0 Å². The van der Waals surface area contributed by atoms with Crippen LogP contribution in [0.15, 0.2) is 219 Å². The molecule has 6 aromatic heterocycles. The number of aromatic hydroxyl groups is 4. The number of aromatic nitrogens is 12. The lowest BCUT2D eigenvalue weighted by Gasteiger charge is -2.09. The molecule has 0 aliphatic carbocycles. The smallest absolute Gasteiger partial charge is 0.373 e. The van der Waals surface area contributed by atoms with Gasteiger partial charge in [0.1, 0.15) is 0 Å². The molecule has 0 spiro atoms. The van der Waals surface area contributed by atoms with Crippen molar-refractivity contribution in [1.82, 2.24) is 61.2 Å². The first-order valence-electron chi connectivity index (χ1n) is 26.8. The van der Waals surface area contributed by atoms with E-state index in [4.69, 9.17) is 19.2 Å². The fourth-order valence-electron chi connectivity index (χ4n) is 9.58. The third-order valence-electron chi connectivity index (χ3n) is 13.8. The van der Waals surface area contributed by atoms with Crippen molar-refractivity contribution in [2.45, 2.75) is 20.8 Å². The molecule has 0 bridgehead atoms. The summed E-state index contributed by atoms with van der Waals surface area (Å²) in [6, 6.07) is 62.5. The number of carbonyl (C=O) groups excluding carboxylic acids is 4. The molecule has 10 N–H and O–H groups in total. The third kappa shape index (κ3) is 15.6. The van der Waals surface area contributed by atoms with E-state index in [9.17, 15) is 39.6 Å².